The summed E-state index contributed by atoms with van der Waals surface area (Å²) in [5, 5.41) is 14.4. The number of H-pyrrole nitrogens is 1. The SMILES string of the molecule is CN1Cc2cn(C)nc2-c2cccc(Nc3cc(NC(=O)C4CC4)nc4[nH]n(C)c(=O)c34)c21. The third kappa shape index (κ3) is 3.17. The Morgan fingerprint density at radius 1 is 1.18 bits per heavy atom. The second-order valence-electron chi connectivity index (χ2n) is 8.88. The van der Waals surface area contributed by atoms with E-state index < -0.39 is 0 Å². The molecule has 10 nitrogen and oxygen atoms in total. The molecule has 1 aliphatic heterocycles. The third-order valence-corrected chi connectivity index (χ3v) is 6.27. The standard InChI is InChI=1S/C23H24N8O2/c1-29-10-13-11-30(2)27-19(13)14-5-4-6-15(20(14)29)24-16-9-17(26-22(32)12-7-8-12)25-21-18(16)23(33)31(3)28-21/h4-6,9,11-12H,7-8,10H2,1-3H3,(H3,24,25,26,28,32). The predicted molar refractivity (Wildman–Crippen MR) is 127 cm³/mol. The first-order valence-corrected chi connectivity index (χ1v) is 10.9. The molecular weight excluding hydrogens is 420 g/mol. The molecule has 1 fully saturated rings. The lowest BCUT2D eigenvalue weighted by molar-refractivity contribution is -0.117. The van der Waals surface area contributed by atoms with Gasteiger partial charge in [-0.25, -0.2) is 4.98 Å². The van der Waals surface area contributed by atoms with Crippen molar-refractivity contribution in [1.82, 2.24) is 24.5 Å². The number of anilines is 4. The first-order chi connectivity index (χ1) is 15.9. The van der Waals surface area contributed by atoms with E-state index in [0.29, 0.717) is 22.5 Å². The highest BCUT2D eigenvalue weighted by molar-refractivity contribution is 5.99. The van der Waals surface area contributed by atoms with Crippen molar-refractivity contribution in [2.24, 2.45) is 20.0 Å². The maximum Gasteiger partial charge on any atom is 0.277 e. The molecule has 1 aromatic carbocycles. The lowest BCUT2D eigenvalue weighted by Gasteiger charge is -2.29. The summed E-state index contributed by atoms with van der Waals surface area (Å²) in [7, 11) is 5.61. The molecule has 1 saturated carbocycles. The van der Waals surface area contributed by atoms with Gasteiger partial charge in [0.2, 0.25) is 5.91 Å². The van der Waals surface area contributed by atoms with Crippen LogP contribution in [-0.4, -0.2) is 37.5 Å². The summed E-state index contributed by atoms with van der Waals surface area (Å²) in [6.45, 7) is 0.731. The van der Waals surface area contributed by atoms with Crippen LogP contribution in [0.25, 0.3) is 22.3 Å². The van der Waals surface area contributed by atoms with Crippen molar-refractivity contribution >= 4 is 39.8 Å². The fourth-order valence-corrected chi connectivity index (χ4v) is 4.56. The van der Waals surface area contributed by atoms with Gasteiger partial charge in [0.25, 0.3) is 5.56 Å². The number of nitrogens with zero attached hydrogens (tertiary/aromatic N) is 5. The highest BCUT2D eigenvalue weighted by atomic mass is 16.2. The quantitative estimate of drug-likeness (QED) is 0.446. The Balaban J connectivity index is 1.47. The summed E-state index contributed by atoms with van der Waals surface area (Å²) in [6, 6.07) is 7.74. The van der Waals surface area contributed by atoms with E-state index in [1.165, 1.54) is 10.2 Å². The van der Waals surface area contributed by atoms with Crippen LogP contribution in [0.4, 0.5) is 22.9 Å². The number of fused-ring (bicyclic) bond motifs is 4. The third-order valence-electron chi connectivity index (χ3n) is 6.27. The Bertz CT molecular complexity index is 1490. The van der Waals surface area contributed by atoms with E-state index in [0.717, 1.165) is 42.0 Å². The molecule has 0 atom stereocenters. The number of benzene rings is 1. The first kappa shape index (κ1) is 19.6. The monoisotopic (exact) mass is 444 g/mol. The molecule has 3 aromatic heterocycles. The summed E-state index contributed by atoms with van der Waals surface area (Å²) in [5.74, 6) is 0.426. The van der Waals surface area contributed by atoms with E-state index in [-0.39, 0.29) is 17.4 Å². The van der Waals surface area contributed by atoms with Crippen molar-refractivity contribution in [3.8, 4) is 11.3 Å². The number of carbonyl (C=O) groups is 1. The molecule has 0 saturated heterocycles. The van der Waals surface area contributed by atoms with E-state index in [4.69, 9.17) is 0 Å². The van der Waals surface area contributed by atoms with Crippen LogP contribution in [-0.2, 0) is 25.4 Å². The zero-order valence-electron chi connectivity index (χ0n) is 18.6. The van der Waals surface area contributed by atoms with Gasteiger partial charge in [-0.3, -0.25) is 24.1 Å². The Labute approximate surface area is 189 Å². The second-order valence-corrected chi connectivity index (χ2v) is 8.88. The van der Waals surface area contributed by atoms with Crippen LogP contribution in [0.5, 0.6) is 0 Å². The maximum atomic E-state index is 12.9. The highest BCUT2D eigenvalue weighted by Gasteiger charge is 2.30. The van der Waals surface area contributed by atoms with E-state index in [1.807, 2.05) is 37.1 Å². The minimum absolute atomic E-state index is 0.0365. The zero-order chi connectivity index (χ0) is 22.9. The molecule has 0 unspecified atom stereocenters. The number of hydrogen-bond acceptors (Lipinski definition) is 6. The van der Waals surface area contributed by atoms with Gasteiger partial charge in [-0.05, 0) is 18.9 Å². The smallest absolute Gasteiger partial charge is 0.277 e. The lowest BCUT2D eigenvalue weighted by atomic mass is 9.99. The van der Waals surface area contributed by atoms with Gasteiger partial charge in [0.05, 0.1) is 22.8 Å². The average molecular weight is 444 g/mol. The maximum absolute atomic E-state index is 12.9. The topological polar surface area (TPSA) is 113 Å². The number of aromatic nitrogens is 5. The van der Waals surface area contributed by atoms with Crippen molar-refractivity contribution in [2.45, 2.75) is 19.4 Å². The number of pyridine rings is 1. The minimum atomic E-state index is -0.190. The molecule has 6 rings (SSSR count). The van der Waals surface area contributed by atoms with Crippen molar-refractivity contribution in [3.63, 3.8) is 0 Å². The van der Waals surface area contributed by atoms with E-state index in [2.05, 4.69) is 36.8 Å². The number of rotatable bonds is 4. The number of hydrogen-bond donors (Lipinski definition) is 3. The zero-order valence-corrected chi connectivity index (χ0v) is 18.6. The van der Waals surface area contributed by atoms with Gasteiger partial charge < -0.3 is 15.5 Å². The summed E-state index contributed by atoms with van der Waals surface area (Å²) in [6.07, 6.45) is 3.85. The number of amides is 1. The number of aromatic amines is 1. The molecule has 3 N–H and O–H groups in total. The second kappa shape index (κ2) is 6.96. The molecule has 2 aliphatic rings. The van der Waals surface area contributed by atoms with Crippen molar-refractivity contribution in [1.29, 1.82) is 0 Å². The lowest BCUT2D eigenvalue weighted by Crippen LogP contribution is -2.22. The van der Waals surface area contributed by atoms with Crippen LogP contribution in [0.15, 0.2) is 35.3 Å². The molecule has 4 aromatic rings. The van der Waals surface area contributed by atoms with Crippen LogP contribution >= 0.6 is 0 Å². The van der Waals surface area contributed by atoms with Crippen LogP contribution in [0.1, 0.15) is 18.4 Å². The molecule has 0 spiro atoms. The predicted octanol–water partition coefficient (Wildman–Crippen LogP) is 2.70. The van der Waals surface area contributed by atoms with Crippen LogP contribution in [0, 0.1) is 5.92 Å². The molecule has 1 amide bonds. The molecule has 0 radical (unpaired) electrons. The van der Waals surface area contributed by atoms with Gasteiger partial charge >= 0.3 is 0 Å². The molecule has 4 heterocycles. The summed E-state index contributed by atoms with van der Waals surface area (Å²) in [4.78, 5) is 31.8. The number of nitrogens with one attached hydrogen (secondary N) is 3. The van der Waals surface area contributed by atoms with Crippen molar-refractivity contribution < 1.29 is 4.79 Å². The molecule has 0 bridgehead atoms. The molecule has 10 heteroatoms. The van der Waals surface area contributed by atoms with Crippen LogP contribution in [0.2, 0.25) is 0 Å². The largest absolute Gasteiger partial charge is 0.368 e. The number of carbonyl (C=O) groups excluding carboxylic acids is 1. The Morgan fingerprint density at radius 2 is 2.00 bits per heavy atom. The molecular formula is C23H24N8O2. The van der Waals surface area contributed by atoms with E-state index in [1.54, 1.807) is 13.1 Å². The first-order valence-electron chi connectivity index (χ1n) is 10.9. The van der Waals surface area contributed by atoms with Gasteiger partial charge in [-0.2, -0.15) is 5.10 Å². The summed E-state index contributed by atoms with van der Waals surface area (Å²) >= 11 is 0. The van der Waals surface area contributed by atoms with Crippen molar-refractivity contribution in [2.75, 3.05) is 22.6 Å². The Hall–Kier alpha value is -4.08. The molecule has 168 valence electrons. The molecule has 1 aliphatic carbocycles. The van der Waals surface area contributed by atoms with Gasteiger partial charge in [0.1, 0.15) is 11.2 Å². The normalized spacial score (nSPS) is 14.8. The van der Waals surface area contributed by atoms with Gasteiger partial charge in [-0.15, -0.1) is 0 Å². The minimum Gasteiger partial charge on any atom is -0.368 e. The fourth-order valence-electron chi connectivity index (χ4n) is 4.56. The van der Waals surface area contributed by atoms with E-state index >= 15 is 0 Å². The number of aryl methyl sites for hydroxylation is 2. The average Bonchev–Trinajstić information content (AvgIpc) is 3.49. The summed E-state index contributed by atoms with van der Waals surface area (Å²) < 4.78 is 3.22. The number of para-hydroxylation sites is 1. The van der Waals surface area contributed by atoms with Gasteiger partial charge in [0, 0.05) is 57.0 Å². The van der Waals surface area contributed by atoms with Crippen molar-refractivity contribution in [3.05, 3.63) is 46.4 Å². The highest BCUT2D eigenvalue weighted by Crippen LogP contribution is 2.43. The Morgan fingerprint density at radius 3 is 2.79 bits per heavy atom. The van der Waals surface area contributed by atoms with E-state index in [9.17, 15) is 9.59 Å². The van der Waals surface area contributed by atoms with Gasteiger partial charge in [0.15, 0.2) is 5.65 Å². The molecule has 33 heavy (non-hydrogen) atoms. The van der Waals surface area contributed by atoms with Crippen LogP contribution in [0.3, 0.4) is 0 Å². The summed E-state index contributed by atoms with van der Waals surface area (Å²) in [5.41, 5.74) is 5.82. The Kier molecular flexibility index (Phi) is 4.13. The van der Waals surface area contributed by atoms with Crippen LogP contribution < -0.4 is 21.1 Å². The fraction of sp³-hybridized carbons (Fsp3) is 0.304. The van der Waals surface area contributed by atoms with Gasteiger partial charge in [-0.1, -0.05) is 12.1 Å².